The zero-order valence-electron chi connectivity index (χ0n) is 6.45. The van der Waals surface area contributed by atoms with Crippen molar-refractivity contribution in [2.24, 2.45) is 5.92 Å². The normalized spacial score (nSPS) is 42.9. The van der Waals surface area contributed by atoms with Crippen molar-refractivity contribution >= 4 is 0 Å². The molecule has 2 heteroatoms. The summed E-state index contributed by atoms with van der Waals surface area (Å²) in [6, 6.07) is 0. The smallest absolute Gasteiger partial charge is 0.0799 e. The summed E-state index contributed by atoms with van der Waals surface area (Å²) >= 11 is 0. The molecule has 2 nitrogen and oxygen atoms in total. The van der Waals surface area contributed by atoms with Crippen LogP contribution in [0.4, 0.5) is 0 Å². The van der Waals surface area contributed by atoms with Crippen LogP contribution in [0.1, 0.15) is 32.6 Å². The van der Waals surface area contributed by atoms with Crippen LogP contribution >= 0.6 is 0 Å². The van der Waals surface area contributed by atoms with Gasteiger partial charge in [0.05, 0.1) is 12.2 Å². The van der Waals surface area contributed by atoms with Crippen LogP contribution in [-0.4, -0.2) is 22.4 Å². The van der Waals surface area contributed by atoms with Crippen LogP contribution in [0.3, 0.4) is 0 Å². The Kier molecular flexibility index (Phi) is 2.69. The molecule has 60 valence electrons. The minimum atomic E-state index is -0.468. The SMILES string of the molecule is CC1CC[C@@H](O)[C@@H](O)CC1. The summed E-state index contributed by atoms with van der Waals surface area (Å²) in [4.78, 5) is 0. The molecule has 0 aromatic carbocycles. The van der Waals surface area contributed by atoms with Crippen molar-refractivity contribution in [2.45, 2.75) is 44.8 Å². The zero-order chi connectivity index (χ0) is 7.56. The Bertz CT molecular complexity index is 91.4. The first-order valence-corrected chi connectivity index (χ1v) is 4.06. The second kappa shape index (κ2) is 3.35. The van der Waals surface area contributed by atoms with E-state index in [0.29, 0.717) is 5.92 Å². The fourth-order valence-electron chi connectivity index (χ4n) is 1.44. The van der Waals surface area contributed by atoms with E-state index < -0.39 is 12.2 Å². The molecule has 3 atom stereocenters. The van der Waals surface area contributed by atoms with Gasteiger partial charge in [0.1, 0.15) is 0 Å². The third-order valence-corrected chi connectivity index (χ3v) is 2.35. The van der Waals surface area contributed by atoms with Crippen molar-refractivity contribution in [3.8, 4) is 0 Å². The molecule has 0 heterocycles. The molecule has 1 saturated carbocycles. The summed E-state index contributed by atoms with van der Waals surface area (Å²) in [5, 5.41) is 18.5. The highest BCUT2D eigenvalue weighted by Gasteiger charge is 2.21. The van der Waals surface area contributed by atoms with Gasteiger partial charge in [-0.25, -0.2) is 0 Å². The van der Waals surface area contributed by atoms with Gasteiger partial charge in [-0.15, -0.1) is 0 Å². The third kappa shape index (κ3) is 1.96. The highest BCUT2D eigenvalue weighted by molar-refractivity contribution is 4.73. The molecule has 0 saturated heterocycles. The average molecular weight is 144 g/mol. The molecule has 0 aromatic heterocycles. The number of hydrogen-bond donors (Lipinski definition) is 2. The molecule has 0 spiro atoms. The third-order valence-electron chi connectivity index (χ3n) is 2.35. The topological polar surface area (TPSA) is 40.5 Å². The highest BCUT2D eigenvalue weighted by Crippen LogP contribution is 2.22. The Labute approximate surface area is 61.9 Å². The molecule has 0 aliphatic heterocycles. The van der Waals surface area contributed by atoms with Crippen LogP contribution in [-0.2, 0) is 0 Å². The van der Waals surface area contributed by atoms with E-state index in [4.69, 9.17) is 0 Å². The molecule has 1 unspecified atom stereocenters. The minimum Gasteiger partial charge on any atom is -0.390 e. The summed E-state index contributed by atoms with van der Waals surface area (Å²) in [7, 11) is 0. The van der Waals surface area contributed by atoms with E-state index >= 15 is 0 Å². The average Bonchev–Trinajstić information content (AvgIpc) is 2.04. The van der Waals surface area contributed by atoms with Crippen LogP contribution in [0.25, 0.3) is 0 Å². The van der Waals surface area contributed by atoms with Gasteiger partial charge in [-0.05, 0) is 31.6 Å². The van der Waals surface area contributed by atoms with Gasteiger partial charge in [0.15, 0.2) is 0 Å². The molecule has 2 N–H and O–H groups in total. The number of hydrogen-bond acceptors (Lipinski definition) is 2. The van der Waals surface area contributed by atoms with E-state index in [0.717, 1.165) is 25.7 Å². The van der Waals surface area contributed by atoms with Gasteiger partial charge in [-0.2, -0.15) is 0 Å². The summed E-state index contributed by atoms with van der Waals surface area (Å²) in [5.74, 6) is 0.673. The van der Waals surface area contributed by atoms with E-state index in [9.17, 15) is 10.2 Å². The summed E-state index contributed by atoms with van der Waals surface area (Å²) < 4.78 is 0. The van der Waals surface area contributed by atoms with Crippen molar-refractivity contribution in [1.82, 2.24) is 0 Å². The van der Waals surface area contributed by atoms with Gasteiger partial charge in [0.25, 0.3) is 0 Å². The second-order valence-corrected chi connectivity index (χ2v) is 3.39. The van der Waals surface area contributed by atoms with Crippen molar-refractivity contribution in [3.63, 3.8) is 0 Å². The molecule has 1 aliphatic carbocycles. The Hall–Kier alpha value is -0.0800. The van der Waals surface area contributed by atoms with Crippen LogP contribution < -0.4 is 0 Å². The summed E-state index contributed by atoms with van der Waals surface area (Å²) in [6.45, 7) is 2.17. The predicted molar refractivity (Wildman–Crippen MR) is 39.6 cm³/mol. The number of aliphatic hydroxyl groups is 2. The molecule has 1 aliphatic rings. The van der Waals surface area contributed by atoms with Crippen molar-refractivity contribution < 1.29 is 10.2 Å². The quantitative estimate of drug-likeness (QED) is 0.496. The highest BCUT2D eigenvalue weighted by atomic mass is 16.3. The lowest BCUT2D eigenvalue weighted by Crippen LogP contribution is -2.23. The molecule has 10 heavy (non-hydrogen) atoms. The Morgan fingerprint density at radius 3 is 1.70 bits per heavy atom. The van der Waals surface area contributed by atoms with Gasteiger partial charge in [-0.1, -0.05) is 6.92 Å². The fourth-order valence-corrected chi connectivity index (χ4v) is 1.44. The first kappa shape index (κ1) is 8.02. The standard InChI is InChI=1S/C8H16O2/c1-6-2-4-7(9)8(10)5-3-6/h6-10H,2-5H2,1H3/t6?,7-,8+. The van der Waals surface area contributed by atoms with Crippen molar-refractivity contribution in [1.29, 1.82) is 0 Å². The molecule has 1 fully saturated rings. The molecular weight excluding hydrogens is 128 g/mol. The maximum atomic E-state index is 9.23. The molecular formula is C8H16O2. The van der Waals surface area contributed by atoms with Crippen LogP contribution in [0.15, 0.2) is 0 Å². The lowest BCUT2D eigenvalue weighted by atomic mass is 10.0. The Balaban J connectivity index is 2.38. The van der Waals surface area contributed by atoms with E-state index in [-0.39, 0.29) is 0 Å². The van der Waals surface area contributed by atoms with Gasteiger partial charge in [0, 0.05) is 0 Å². The van der Waals surface area contributed by atoms with Crippen molar-refractivity contribution in [2.75, 3.05) is 0 Å². The second-order valence-electron chi connectivity index (χ2n) is 3.39. The lowest BCUT2D eigenvalue weighted by Gasteiger charge is -2.12. The van der Waals surface area contributed by atoms with Crippen LogP contribution in [0, 0.1) is 5.92 Å². The molecule has 0 bridgehead atoms. The van der Waals surface area contributed by atoms with E-state index in [1.807, 2.05) is 0 Å². The molecule has 1 rings (SSSR count). The zero-order valence-corrected chi connectivity index (χ0v) is 6.45. The number of aliphatic hydroxyl groups excluding tert-OH is 2. The molecule has 0 amide bonds. The van der Waals surface area contributed by atoms with E-state index in [2.05, 4.69) is 6.92 Å². The van der Waals surface area contributed by atoms with Crippen LogP contribution in [0.2, 0.25) is 0 Å². The van der Waals surface area contributed by atoms with Gasteiger partial charge >= 0.3 is 0 Å². The minimum absolute atomic E-state index is 0.468. The Morgan fingerprint density at radius 2 is 1.30 bits per heavy atom. The molecule has 0 radical (unpaired) electrons. The predicted octanol–water partition coefficient (Wildman–Crippen LogP) is 0.918. The maximum Gasteiger partial charge on any atom is 0.0799 e. The summed E-state index contributed by atoms with van der Waals surface area (Å²) in [6.07, 6.45) is 2.70. The van der Waals surface area contributed by atoms with Crippen molar-refractivity contribution in [3.05, 3.63) is 0 Å². The van der Waals surface area contributed by atoms with Gasteiger partial charge in [0.2, 0.25) is 0 Å². The monoisotopic (exact) mass is 144 g/mol. The van der Waals surface area contributed by atoms with E-state index in [1.54, 1.807) is 0 Å². The van der Waals surface area contributed by atoms with Gasteiger partial charge < -0.3 is 10.2 Å². The molecule has 0 aromatic rings. The largest absolute Gasteiger partial charge is 0.390 e. The Morgan fingerprint density at radius 1 is 0.900 bits per heavy atom. The maximum absolute atomic E-state index is 9.23. The first-order valence-electron chi connectivity index (χ1n) is 4.06. The summed E-state index contributed by atoms with van der Waals surface area (Å²) in [5.41, 5.74) is 0. The fraction of sp³-hybridized carbons (Fsp3) is 1.00. The number of rotatable bonds is 0. The van der Waals surface area contributed by atoms with Gasteiger partial charge in [-0.3, -0.25) is 0 Å². The van der Waals surface area contributed by atoms with E-state index in [1.165, 1.54) is 0 Å². The van der Waals surface area contributed by atoms with Crippen LogP contribution in [0.5, 0.6) is 0 Å². The first-order chi connectivity index (χ1) is 4.70. The lowest BCUT2D eigenvalue weighted by molar-refractivity contribution is 0.0157.